The monoisotopic (exact) mass is 396 g/mol. The van der Waals surface area contributed by atoms with E-state index in [0.717, 1.165) is 12.4 Å². The summed E-state index contributed by atoms with van der Waals surface area (Å²) in [6.07, 6.45) is 4.64. The molecular formula is C24H28O5. The van der Waals surface area contributed by atoms with Gasteiger partial charge in [-0.2, -0.15) is 0 Å². The summed E-state index contributed by atoms with van der Waals surface area (Å²) in [5, 5.41) is 9.83. The molecule has 3 rings (SSSR count). The molecule has 0 bridgehead atoms. The van der Waals surface area contributed by atoms with Gasteiger partial charge < -0.3 is 24.1 Å². The van der Waals surface area contributed by atoms with Crippen LogP contribution in [0.25, 0.3) is 0 Å². The van der Waals surface area contributed by atoms with E-state index in [4.69, 9.17) is 25.4 Å². The van der Waals surface area contributed by atoms with E-state index in [9.17, 15) is 5.11 Å². The van der Waals surface area contributed by atoms with Crippen LogP contribution in [0.5, 0.6) is 11.5 Å². The van der Waals surface area contributed by atoms with Crippen molar-refractivity contribution in [1.82, 2.24) is 0 Å². The van der Waals surface area contributed by atoms with E-state index in [2.05, 4.69) is 31.9 Å². The van der Waals surface area contributed by atoms with Crippen molar-refractivity contribution >= 4 is 0 Å². The Kier molecular flexibility index (Phi) is 7.16. The quantitative estimate of drug-likeness (QED) is 0.359. The number of epoxide rings is 1. The predicted octanol–water partition coefficient (Wildman–Crippen LogP) is 3.18. The van der Waals surface area contributed by atoms with Gasteiger partial charge in [0.25, 0.3) is 0 Å². The Morgan fingerprint density at radius 2 is 1.59 bits per heavy atom. The zero-order chi connectivity index (χ0) is 20.7. The van der Waals surface area contributed by atoms with Crippen molar-refractivity contribution in [2.45, 2.75) is 31.5 Å². The van der Waals surface area contributed by atoms with Gasteiger partial charge in [-0.3, -0.25) is 0 Å². The second-order valence-electron chi connectivity index (χ2n) is 7.62. The highest BCUT2D eigenvalue weighted by Gasteiger charge is 2.24. The Morgan fingerprint density at radius 1 is 1.03 bits per heavy atom. The molecule has 2 atom stereocenters. The lowest BCUT2D eigenvalue weighted by Gasteiger charge is -2.26. The van der Waals surface area contributed by atoms with Gasteiger partial charge in [0.2, 0.25) is 0 Å². The van der Waals surface area contributed by atoms with E-state index in [1.165, 1.54) is 11.1 Å². The van der Waals surface area contributed by atoms with Crippen molar-refractivity contribution in [2.75, 3.05) is 33.0 Å². The van der Waals surface area contributed by atoms with Gasteiger partial charge in [-0.25, -0.2) is 0 Å². The molecule has 29 heavy (non-hydrogen) atoms. The zero-order valence-corrected chi connectivity index (χ0v) is 17.0. The molecular weight excluding hydrogens is 368 g/mol. The molecule has 1 N–H and O–H groups in total. The molecule has 5 heteroatoms. The van der Waals surface area contributed by atoms with Crippen molar-refractivity contribution < 1.29 is 24.1 Å². The molecule has 2 aromatic carbocycles. The van der Waals surface area contributed by atoms with Crippen molar-refractivity contribution in [1.29, 1.82) is 0 Å². The van der Waals surface area contributed by atoms with E-state index in [-0.39, 0.29) is 31.3 Å². The van der Waals surface area contributed by atoms with E-state index >= 15 is 0 Å². The lowest BCUT2D eigenvalue weighted by Crippen LogP contribution is -2.23. The summed E-state index contributed by atoms with van der Waals surface area (Å²) < 4.78 is 21.6. The van der Waals surface area contributed by atoms with Crippen LogP contribution in [0.2, 0.25) is 0 Å². The lowest BCUT2D eigenvalue weighted by atomic mass is 9.78. The summed E-state index contributed by atoms with van der Waals surface area (Å²) in [6.45, 7) is 6.26. The molecule has 0 amide bonds. The van der Waals surface area contributed by atoms with Crippen LogP contribution in [-0.4, -0.2) is 50.3 Å². The molecule has 1 fully saturated rings. The number of rotatable bonds is 11. The molecule has 0 spiro atoms. The first-order valence-electron chi connectivity index (χ1n) is 9.76. The maximum Gasteiger partial charge on any atom is 0.119 e. The molecule has 154 valence electrons. The van der Waals surface area contributed by atoms with Gasteiger partial charge >= 0.3 is 0 Å². The summed E-state index contributed by atoms with van der Waals surface area (Å²) in [4.78, 5) is 0. The molecule has 2 aromatic rings. The fourth-order valence-corrected chi connectivity index (χ4v) is 2.95. The van der Waals surface area contributed by atoms with E-state index < -0.39 is 6.10 Å². The number of hydrogen-bond acceptors (Lipinski definition) is 5. The first-order valence-corrected chi connectivity index (χ1v) is 9.76. The Labute approximate surface area is 172 Å². The third-order valence-corrected chi connectivity index (χ3v) is 4.93. The van der Waals surface area contributed by atoms with Gasteiger partial charge in [0.05, 0.1) is 13.2 Å². The third-order valence-electron chi connectivity index (χ3n) is 4.93. The van der Waals surface area contributed by atoms with E-state index in [1.807, 2.05) is 36.4 Å². The van der Waals surface area contributed by atoms with Crippen LogP contribution in [0.3, 0.4) is 0 Å². The number of terminal acetylenes is 1. The highest BCUT2D eigenvalue weighted by atomic mass is 16.6. The van der Waals surface area contributed by atoms with Crippen LogP contribution in [0.1, 0.15) is 25.0 Å². The van der Waals surface area contributed by atoms with Crippen LogP contribution >= 0.6 is 0 Å². The number of aliphatic hydroxyl groups is 1. The smallest absolute Gasteiger partial charge is 0.119 e. The minimum absolute atomic E-state index is 0.153. The van der Waals surface area contributed by atoms with Gasteiger partial charge in [0, 0.05) is 5.41 Å². The average Bonchev–Trinajstić information content (AvgIpc) is 3.56. The molecule has 1 heterocycles. The summed E-state index contributed by atoms with van der Waals surface area (Å²) in [5.41, 5.74) is 2.20. The lowest BCUT2D eigenvalue weighted by molar-refractivity contribution is 0.0229. The van der Waals surface area contributed by atoms with Crippen LogP contribution in [0.4, 0.5) is 0 Å². The highest BCUT2D eigenvalue weighted by Crippen LogP contribution is 2.33. The van der Waals surface area contributed by atoms with Gasteiger partial charge in [0.1, 0.15) is 43.5 Å². The van der Waals surface area contributed by atoms with Crippen molar-refractivity contribution in [3.05, 3.63) is 59.7 Å². The van der Waals surface area contributed by atoms with E-state index in [1.54, 1.807) is 0 Å². The first-order chi connectivity index (χ1) is 14.0. The van der Waals surface area contributed by atoms with Crippen LogP contribution in [0.15, 0.2) is 48.5 Å². The van der Waals surface area contributed by atoms with Crippen molar-refractivity contribution in [2.24, 2.45) is 0 Å². The Morgan fingerprint density at radius 3 is 2.10 bits per heavy atom. The second-order valence-corrected chi connectivity index (χ2v) is 7.62. The SMILES string of the molecule is C#CCOCC(O)COc1ccc(C(C)(C)c2ccc(OC[C@H]3CO3)cc2)cc1. The maximum absolute atomic E-state index is 9.83. The first kappa shape index (κ1) is 21.2. The molecule has 1 aliphatic rings. The Balaban J connectivity index is 1.55. The molecule has 0 aromatic heterocycles. The van der Waals surface area contributed by atoms with Crippen LogP contribution in [0, 0.1) is 12.3 Å². The standard InChI is InChI=1S/C24H28O5/c1-4-13-26-14-20(25)15-27-21-9-5-18(6-10-21)24(2,3)19-7-11-22(12-8-19)28-16-23-17-29-23/h1,5-12,20,23,25H,13-17H2,2-3H3/t20?,23-/m0/s1. The zero-order valence-electron chi connectivity index (χ0n) is 17.0. The second kappa shape index (κ2) is 9.80. The summed E-state index contributed by atoms with van der Waals surface area (Å²) in [7, 11) is 0. The largest absolute Gasteiger partial charge is 0.491 e. The minimum atomic E-state index is -0.716. The fourth-order valence-electron chi connectivity index (χ4n) is 2.95. The molecule has 0 saturated carbocycles. The molecule has 1 unspecified atom stereocenters. The Bertz CT molecular complexity index is 801. The molecule has 1 saturated heterocycles. The van der Waals surface area contributed by atoms with E-state index in [0.29, 0.717) is 12.4 Å². The van der Waals surface area contributed by atoms with Crippen molar-refractivity contribution in [3.8, 4) is 23.8 Å². The molecule has 0 aliphatic carbocycles. The van der Waals surface area contributed by atoms with Gasteiger partial charge in [-0.1, -0.05) is 44.0 Å². The minimum Gasteiger partial charge on any atom is -0.491 e. The highest BCUT2D eigenvalue weighted by molar-refractivity contribution is 5.41. The number of benzene rings is 2. The molecule has 0 radical (unpaired) electrons. The number of ether oxygens (including phenoxy) is 4. The number of aliphatic hydroxyl groups excluding tert-OH is 1. The number of hydrogen-bond donors (Lipinski definition) is 1. The summed E-state index contributed by atoms with van der Waals surface area (Å²) in [6, 6.07) is 16.1. The Hall–Kier alpha value is -2.52. The fraction of sp³-hybridized carbons (Fsp3) is 0.417. The van der Waals surface area contributed by atoms with Crippen LogP contribution < -0.4 is 9.47 Å². The topological polar surface area (TPSA) is 60.5 Å². The summed E-state index contributed by atoms with van der Waals surface area (Å²) >= 11 is 0. The van der Waals surface area contributed by atoms with Crippen molar-refractivity contribution in [3.63, 3.8) is 0 Å². The normalized spacial score (nSPS) is 16.7. The van der Waals surface area contributed by atoms with Crippen LogP contribution in [-0.2, 0) is 14.9 Å². The van der Waals surface area contributed by atoms with Gasteiger partial charge in [0.15, 0.2) is 0 Å². The predicted molar refractivity (Wildman–Crippen MR) is 111 cm³/mol. The average molecular weight is 396 g/mol. The molecule has 5 nitrogen and oxygen atoms in total. The van der Waals surface area contributed by atoms with Gasteiger partial charge in [-0.15, -0.1) is 6.42 Å². The molecule has 1 aliphatic heterocycles. The van der Waals surface area contributed by atoms with Gasteiger partial charge in [-0.05, 0) is 35.4 Å². The summed E-state index contributed by atoms with van der Waals surface area (Å²) in [5.74, 6) is 3.92. The maximum atomic E-state index is 9.83. The third kappa shape index (κ3) is 6.23.